The number of nitrogens with zero attached hydrogens (tertiary/aromatic N) is 3. The molecule has 3 aromatic rings. The zero-order valence-electron chi connectivity index (χ0n) is 16.5. The second-order valence-corrected chi connectivity index (χ2v) is 6.30. The highest BCUT2D eigenvalue weighted by molar-refractivity contribution is 5.91. The largest absolute Gasteiger partial charge is 0.493 e. The van der Waals surface area contributed by atoms with E-state index in [0.717, 1.165) is 23.4 Å². The Morgan fingerprint density at radius 2 is 2.14 bits per heavy atom. The summed E-state index contributed by atoms with van der Waals surface area (Å²) < 4.78 is 12.8. The van der Waals surface area contributed by atoms with Crippen molar-refractivity contribution in [1.82, 2.24) is 19.9 Å². The van der Waals surface area contributed by atoms with Crippen LogP contribution in [-0.2, 0) is 11.3 Å². The molecular weight excluding hydrogens is 368 g/mol. The van der Waals surface area contributed by atoms with Gasteiger partial charge in [0.25, 0.3) is 0 Å². The van der Waals surface area contributed by atoms with Crippen molar-refractivity contribution < 1.29 is 14.3 Å². The zero-order chi connectivity index (χ0) is 20.5. The normalized spacial score (nSPS) is 10.8. The molecule has 0 spiro atoms. The molecule has 150 valence electrons. The van der Waals surface area contributed by atoms with Gasteiger partial charge in [0.2, 0.25) is 5.91 Å². The smallest absolute Gasteiger partial charge is 0.244 e. The average Bonchev–Trinajstić information content (AvgIpc) is 3.30. The van der Waals surface area contributed by atoms with E-state index >= 15 is 0 Å². The van der Waals surface area contributed by atoms with Crippen molar-refractivity contribution in [2.45, 2.75) is 19.9 Å². The second-order valence-electron chi connectivity index (χ2n) is 6.30. The van der Waals surface area contributed by atoms with E-state index in [4.69, 9.17) is 9.47 Å². The molecule has 7 nitrogen and oxygen atoms in total. The lowest BCUT2D eigenvalue weighted by atomic mass is 10.2. The number of hydrogen-bond donors (Lipinski definition) is 1. The molecule has 0 saturated carbocycles. The van der Waals surface area contributed by atoms with E-state index in [1.165, 1.54) is 6.08 Å². The molecular formula is C22H24N4O3. The molecule has 2 aromatic heterocycles. The van der Waals surface area contributed by atoms with Crippen LogP contribution in [0.1, 0.15) is 24.5 Å². The van der Waals surface area contributed by atoms with E-state index in [2.05, 4.69) is 15.3 Å². The molecule has 0 aliphatic carbocycles. The molecule has 0 atom stereocenters. The van der Waals surface area contributed by atoms with E-state index in [-0.39, 0.29) is 5.91 Å². The van der Waals surface area contributed by atoms with Crippen LogP contribution in [0.4, 0.5) is 0 Å². The number of hydrogen-bond acceptors (Lipinski definition) is 5. The summed E-state index contributed by atoms with van der Waals surface area (Å²) in [6.45, 7) is 3.08. The highest BCUT2D eigenvalue weighted by atomic mass is 16.5. The lowest BCUT2D eigenvalue weighted by Crippen LogP contribution is -2.20. The quantitative estimate of drug-likeness (QED) is 0.565. The van der Waals surface area contributed by atoms with Gasteiger partial charge in [-0.15, -0.1) is 0 Å². The van der Waals surface area contributed by atoms with Crippen LogP contribution in [0.2, 0.25) is 0 Å². The average molecular weight is 392 g/mol. The maximum atomic E-state index is 12.1. The number of amides is 1. The van der Waals surface area contributed by atoms with Gasteiger partial charge in [0.05, 0.1) is 13.7 Å². The molecule has 0 aliphatic rings. The maximum Gasteiger partial charge on any atom is 0.244 e. The zero-order valence-corrected chi connectivity index (χ0v) is 16.5. The summed E-state index contributed by atoms with van der Waals surface area (Å²) in [5, 5.41) is 2.85. The summed E-state index contributed by atoms with van der Waals surface area (Å²) in [5.41, 5.74) is 1.77. The summed E-state index contributed by atoms with van der Waals surface area (Å²) in [4.78, 5) is 20.5. The van der Waals surface area contributed by atoms with Crippen molar-refractivity contribution in [3.8, 4) is 17.3 Å². The fraction of sp³-hybridized carbons (Fsp3) is 0.227. The van der Waals surface area contributed by atoms with Gasteiger partial charge in [0.15, 0.2) is 11.5 Å². The minimum absolute atomic E-state index is 0.186. The summed E-state index contributed by atoms with van der Waals surface area (Å²) in [5.74, 6) is 1.93. The minimum Gasteiger partial charge on any atom is -0.493 e. The Hall–Kier alpha value is -3.61. The molecule has 3 rings (SSSR count). The van der Waals surface area contributed by atoms with Crippen LogP contribution < -0.4 is 14.8 Å². The third-order valence-corrected chi connectivity index (χ3v) is 4.12. The number of benzene rings is 1. The minimum atomic E-state index is -0.186. The molecule has 0 aliphatic heterocycles. The summed E-state index contributed by atoms with van der Waals surface area (Å²) >= 11 is 0. The fourth-order valence-corrected chi connectivity index (χ4v) is 2.61. The summed E-state index contributed by atoms with van der Waals surface area (Å²) in [6.07, 6.45) is 11.1. The first kappa shape index (κ1) is 20.1. The van der Waals surface area contributed by atoms with Crippen LogP contribution in [-0.4, -0.2) is 34.2 Å². The fourth-order valence-electron chi connectivity index (χ4n) is 2.61. The second kappa shape index (κ2) is 10.1. The van der Waals surface area contributed by atoms with Crippen LogP contribution in [0.15, 0.2) is 61.3 Å². The molecule has 7 heteroatoms. The van der Waals surface area contributed by atoms with Gasteiger partial charge in [-0.3, -0.25) is 9.36 Å². The first-order chi connectivity index (χ1) is 14.2. The number of rotatable bonds is 9. The Balaban J connectivity index is 1.54. The molecule has 1 amide bonds. The SMILES string of the molecule is CCCOc1ccc(/C=C/C(=O)NCc2ccc(-n3ccnc3)nc2)cc1OC. The number of imidazole rings is 1. The number of carbonyl (C=O) groups is 1. The Bertz CT molecular complexity index is 951. The van der Waals surface area contributed by atoms with E-state index in [0.29, 0.717) is 24.7 Å². The van der Waals surface area contributed by atoms with Gasteiger partial charge in [-0.2, -0.15) is 0 Å². The summed E-state index contributed by atoms with van der Waals surface area (Å²) in [6, 6.07) is 9.38. The van der Waals surface area contributed by atoms with Crippen molar-refractivity contribution in [2.75, 3.05) is 13.7 Å². The summed E-state index contributed by atoms with van der Waals surface area (Å²) in [7, 11) is 1.60. The van der Waals surface area contributed by atoms with Crippen LogP contribution in [0, 0.1) is 0 Å². The van der Waals surface area contributed by atoms with Gasteiger partial charge in [0.1, 0.15) is 12.1 Å². The molecule has 0 bridgehead atoms. The Labute approximate surface area is 170 Å². The van der Waals surface area contributed by atoms with E-state index in [9.17, 15) is 4.79 Å². The van der Waals surface area contributed by atoms with Gasteiger partial charge >= 0.3 is 0 Å². The maximum absolute atomic E-state index is 12.1. The molecule has 0 radical (unpaired) electrons. The monoisotopic (exact) mass is 392 g/mol. The Morgan fingerprint density at radius 3 is 2.83 bits per heavy atom. The van der Waals surface area contributed by atoms with Gasteiger partial charge in [-0.25, -0.2) is 9.97 Å². The third kappa shape index (κ3) is 5.68. The highest BCUT2D eigenvalue weighted by Gasteiger charge is 2.05. The van der Waals surface area contributed by atoms with Crippen LogP contribution in [0.25, 0.3) is 11.9 Å². The Morgan fingerprint density at radius 1 is 1.24 bits per heavy atom. The molecule has 2 heterocycles. The first-order valence-electron chi connectivity index (χ1n) is 9.39. The van der Waals surface area contributed by atoms with Crippen LogP contribution >= 0.6 is 0 Å². The van der Waals surface area contributed by atoms with E-state index in [1.807, 2.05) is 48.0 Å². The van der Waals surface area contributed by atoms with Gasteiger partial charge in [0, 0.05) is 31.2 Å². The number of ether oxygens (including phenoxy) is 2. The standard InChI is InChI=1S/C22H24N4O3/c1-3-12-29-19-7-4-17(13-20(19)28-2)6-9-22(27)25-15-18-5-8-21(24-14-18)26-11-10-23-16-26/h4-11,13-14,16H,3,12,15H2,1-2H3,(H,25,27)/b9-6+. The van der Waals surface area contributed by atoms with Crippen LogP contribution in [0.5, 0.6) is 11.5 Å². The third-order valence-electron chi connectivity index (χ3n) is 4.12. The topological polar surface area (TPSA) is 78.3 Å². The Kier molecular flexibility index (Phi) is 7.00. The lowest BCUT2D eigenvalue weighted by molar-refractivity contribution is -0.116. The number of pyridine rings is 1. The molecule has 0 unspecified atom stereocenters. The van der Waals surface area contributed by atoms with Crippen molar-refractivity contribution >= 4 is 12.0 Å². The molecule has 0 saturated heterocycles. The highest BCUT2D eigenvalue weighted by Crippen LogP contribution is 2.28. The van der Waals surface area contributed by atoms with Crippen molar-refractivity contribution in [2.24, 2.45) is 0 Å². The van der Waals surface area contributed by atoms with Crippen molar-refractivity contribution in [3.05, 3.63) is 72.5 Å². The van der Waals surface area contributed by atoms with Gasteiger partial charge in [-0.05, 0) is 41.8 Å². The predicted molar refractivity (Wildman–Crippen MR) is 111 cm³/mol. The number of methoxy groups -OCH3 is 1. The van der Waals surface area contributed by atoms with E-state index < -0.39 is 0 Å². The molecule has 0 fully saturated rings. The molecule has 1 aromatic carbocycles. The van der Waals surface area contributed by atoms with Gasteiger partial charge in [-0.1, -0.05) is 19.1 Å². The number of carbonyl (C=O) groups excluding carboxylic acids is 1. The predicted octanol–water partition coefficient (Wildman–Crippen LogP) is 3.39. The van der Waals surface area contributed by atoms with Crippen molar-refractivity contribution in [1.29, 1.82) is 0 Å². The molecule has 29 heavy (non-hydrogen) atoms. The molecule has 1 N–H and O–H groups in total. The number of nitrogens with one attached hydrogen (secondary N) is 1. The lowest BCUT2D eigenvalue weighted by Gasteiger charge is -2.10. The first-order valence-corrected chi connectivity index (χ1v) is 9.39. The van der Waals surface area contributed by atoms with Gasteiger partial charge < -0.3 is 14.8 Å². The number of aromatic nitrogens is 3. The van der Waals surface area contributed by atoms with Crippen molar-refractivity contribution in [3.63, 3.8) is 0 Å². The van der Waals surface area contributed by atoms with E-state index in [1.54, 1.807) is 31.9 Å². The van der Waals surface area contributed by atoms with Crippen LogP contribution in [0.3, 0.4) is 0 Å².